The molecule has 0 bridgehead atoms. The van der Waals surface area contributed by atoms with E-state index in [9.17, 15) is 0 Å². The topological polar surface area (TPSA) is 39.4 Å². The average molecular weight is 239 g/mol. The molecule has 0 N–H and O–H groups in total. The summed E-state index contributed by atoms with van der Waals surface area (Å²) >= 11 is 0. The SMILES string of the molecule is COc1cccc2nc(-c3ccccc3C)nn12. The van der Waals surface area contributed by atoms with Crippen molar-refractivity contribution >= 4 is 5.65 Å². The number of rotatable bonds is 2. The highest BCUT2D eigenvalue weighted by Gasteiger charge is 2.10. The number of methoxy groups -OCH3 is 1. The molecule has 1 aromatic carbocycles. The van der Waals surface area contributed by atoms with E-state index in [1.807, 2.05) is 36.4 Å². The molecule has 0 radical (unpaired) electrons. The number of benzene rings is 1. The number of pyridine rings is 1. The summed E-state index contributed by atoms with van der Waals surface area (Å²) in [5.74, 6) is 1.40. The van der Waals surface area contributed by atoms with Crippen molar-refractivity contribution in [2.45, 2.75) is 6.92 Å². The van der Waals surface area contributed by atoms with Crippen LogP contribution in [0.25, 0.3) is 17.0 Å². The molecule has 0 aliphatic carbocycles. The number of fused-ring (bicyclic) bond motifs is 1. The van der Waals surface area contributed by atoms with Crippen LogP contribution in [0.2, 0.25) is 0 Å². The number of hydrogen-bond donors (Lipinski definition) is 0. The Morgan fingerprint density at radius 1 is 1.06 bits per heavy atom. The fourth-order valence-electron chi connectivity index (χ4n) is 1.97. The number of aromatic nitrogens is 3. The van der Waals surface area contributed by atoms with E-state index in [4.69, 9.17) is 4.74 Å². The van der Waals surface area contributed by atoms with Crippen LogP contribution < -0.4 is 4.74 Å². The van der Waals surface area contributed by atoms with E-state index < -0.39 is 0 Å². The quantitative estimate of drug-likeness (QED) is 0.690. The highest BCUT2D eigenvalue weighted by molar-refractivity contribution is 5.62. The van der Waals surface area contributed by atoms with Crippen molar-refractivity contribution in [2.75, 3.05) is 7.11 Å². The van der Waals surface area contributed by atoms with E-state index in [0.29, 0.717) is 5.88 Å². The van der Waals surface area contributed by atoms with Crippen LogP contribution >= 0.6 is 0 Å². The first-order chi connectivity index (χ1) is 8.79. The lowest BCUT2D eigenvalue weighted by atomic mass is 10.1. The maximum Gasteiger partial charge on any atom is 0.216 e. The number of nitrogens with zero attached hydrogens (tertiary/aromatic N) is 3. The van der Waals surface area contributed by atoms with Crippen molar-refractivity contribution in [1.29, 1.82) is 0 Å². The van der Waals surface area contributed by atoms with Gasteiger partial charge >= 0.3 is 0 Å². The summed E-state index contributed by atoms with van der Waals surface area (Å²) in [6.45, 7) is 2.05. The van der Waals surface area contributed by atoms with Crippen LogP contribution in [-0.4, -0.2) is 21.7 Å². The Kier molecular flexibility index (Phi) is 2.48. The maximum atomic E-state index is 5.27. The van der Waals surface area contributed by atoms with Gasteiger partial charge in [0.2, 0.25) is 5.88 Å². The van der Waals surface area contributed by atoms with Gasteiger partial charge in [-0.1, -0.05) is 30.3 Å². The summed E-state index contributed by atoms with van der Waals surface area (Å²) in [5.41, 5.74) is 2.99. The zero-order chi connectivity index (χ0) is 12.5. The highest BCUT2D eigenvalue weighted by Crippen LogP contribution is 2.22. The van der Waals surface area contributed by atoms with Crippen molar-refractivity contribution in [3.05, 3.63) is 48.0 Å². The molecule has 4 nitrogen and oxygen atoms in total. The Morgan fingerprint density at radius 2 is 1.89 bits per heavy atom. The number of ether oxygens (including phenoxy) is 1. The summed E-state index contributed by atoms with van der Waals surface area (Å²) in [7, 11) is 1.63. The smallest absolute Gasteiger partial charge is 0.216 e. The first-order valence-electron chi connectivity index (χ1n) is 5.75. The predicted octanol–water partition coefficient (Wildman–Crippen LogP) is 2.71. The fraction of sp³-hybridized carbons (Fsp3) is 0.143. The van der Waals surface area contributed by atoms with E-state index in [0.717, 1.165) is 22.6 Å². The van der Waals surface area contributed by atoms with Gasteiger partial charge in [0.15, 0.2) is 11.5 Å². The van der Waals surface area contributed by atoms with Gasteiger partial charge in [-0.25, -0.2) is 4.98 Å². The third-order valence-corrected chi connectivity index (χ3v) is 2.92. The van der Waals surface area contributed by atoms with E-state index >= 15 is 0 Å². The maximum absolute atomic E-state index is 5.27. The van der Waals surface area contributed by atoms with Crippen LogP contribution in [0, 0.1) is 6.92 Å². The molecule has 0 aliphatic heterocycles. The van der Waals surface area contributed by atoms with Gasteiger partial charge in [0.05, 0.1) is 7.11 Å². The molecule has 0 fully saturated rings. The van der Waals surface area contributed by atoms with Gasteiger partial charge < -0.3 is 4.74 Å². The van der Waals surface area contributed by atoms with Gasteiger partial charge in [-0.05, 0) is 18.6 Å². The molecule has 0 spiro atoms. The summed E-state index contributed by atoms with van der Waals surface area (Å²) in [6.07, 6.45) is 0. The number of hydrogen-bond acceptors (Lipinski definition) is 3. The van der Waals surface area contributed by atoms with Crippen LogP contribution in [-0.2, 0) is 0 Å². The molecule has 3 aromatic rings. The van der Waals surface area contributed by atoms with E-state index in [2.05, 4.69) is 23.1 Å². The van der Waals surface area contributed by atoms with Crippen molar-refractivity contribution in [1.82, 2.24) is 14.6 Å². The molecule has 0 saturated carbocycles. The second kappa shape index (κ2) is 4.14. The van der Waals surface area contributed by atoms with Gasteiger partial charge in [-0.15, -0.1) is 5.10 Å². The second-order valence-electron chi connectivity index (χ2n) is 4.09. The standard InChI is InChI=1S/C14H13N3O/c1-10-6-3-4-7-11(10)14-15-12-8-5-9-13(18-2)17(12)16-14/h3-9H,1-2H3. The summed E-state index contributed by atoms with van der Waals surface area (Å²) in [5, 5.41) is 4.50. The van der Waals surface area contributed by atoms with Gasteiger partial charge in [0.1, 0.15) is 0 Å². The lowest BCUT2D eigenvalue weighted by Crippen LogP contribution is -1.95. The Hall–Kier alpha value is -2.36. The Labute approximate surface area is 105 Å². The Balaban J connectivity index is 2.23. The molecule has 18 heavy (non-hydrogen) atoms. The third kappa shape index (κ3) is 1.62. The van der Waals surface area contributed by atoms with Crippen molar-refractivity contribution < 1.29 is 4.74 Å². The first kappa shape index (κ1) is 10.8. The van der Waals surface area contributed by atoms with Gasteiger partial charge in [0, 0.05) is 11.6 Å². The van der Waals surface area contributed by atoms with Gasteiger partial charge in [0.25, 0.3) is 0 Å². The lowest BCUT2D eigenvalue weighted by Gasteiger charge is -2.00. The summed E-state index contributed by atoms with van der Waals surface area (Å²) in [6, 6.07) is 13.8. The molecular weight excluding hydrogens is 226 g/mol. The van der Waals surface area contributed by atoms with E-state index in [-0.39, 0.29) is 0 Å². The Morgan fingerprint density at radius 3 is 2.67 bits per heavy atom. The molecule has 0 aliphatic rings. The lowest BCUT2D eigenvalue weighted by molar-refractivity contribution is 0.386. The average Bonchev–Trinajstić information content (AvgIpc) is 2.82. The van der Waals surface area contributed by atoms with Crippen LogP contribution in [0.1, 0.15) is 5.56 Å². The van der Waals surface area contributed by atoms with Crippen molar-refractivity contribution in [2.24, 2.45) is 0 Å². The molecule has 2 heterocycles. The molecule has 4 heteroatoms. The highest BCUT2D eigenvalue weighted by atomic mass is 16.5. The minimum Gasteiger partial charge on any atom is -0.481 e. The largest absolute Gasteiger partial charge is 0.481 e. The summed E-state index contributed by atoms with van der Waals surface area (Å²) < 4.78 is 6.98. The van der Waals surface area contributed by atoms with E-state index in [1.165, 1.54) is 0 Å². The van der Waals surface area contributed by atoms with Gasteiger partial charge in [-0.2, -0.15) is 4.52 Å². The van der Waals surface area contributed by atoms with E-state index in [1.54, 1.807) is 11.6 Å². The minimum atomic E-state index is 0.680. The molecule has 0 saturated heterocycles. The van der Waals surface area contributed by atoms with Crippen LogP contribution in [0.4, 0.5) is 0 Å². The molecule has 2 aromatic heterocycles. The van der Waals surface area contributed by atoms with Crippen molar-refractivity contribution in [3.8, 4) is 17.3 Å². The first-order valence-corrected chi connectivity index (χ1v) is 5.75. The molecule has 0 amide bonds. The minimum absolute atomic E-state index is 0.680. The zero-order valence-corrected chi connectivity index (χ0v) is 10.3. The molecule has 0 atom stereocenters. The predicted molar refractivity (Wildman–Crippen MR) is 69.7 cm³/mol. The van der Waals surface area contributed by atoms with Crippen LogP contribution in [0.15, 0.2) is 42.5 Å². The summed E-state index contributed by atoms with van der Waals surface area (Å²) in [4.78, 5) is 4.52. The second-order valence-corrected chi connectivity index (χ2v) is 4.09. The van der Waals surface area contributed by atoms with Crippen molar-refractivity contribution in [3.63, 3.8) is 0 Å². The monoisotopic (exact) mass is 239 g/mol. The van der Waals surface area contributed by atoms with Crippen LogP contribution in [0.3, 0.4) is 0 Å². The fourth-order valence-corrected chi connectivity index (χ4v) is 1.97. The molecule has 3 rings (SSSR count). The zero-order valence-electron chi connectivity index (χ0n) is 10.3. The molecular formula is C14H13N3O. The van der Waals surface area contributed by atoms with Crippen LogP contribution in [0.5, 0.6) is 5.88 Å². The van der Waals surface area contributed by atoms with Gasteiger partial charge in [-0.3, -0.25) is 0 Å². The normalized spacial score (nSPS) is 10.8. The Bertz CT molecular complexity index is 703. The number of aryl methyl sites for hydroxylation is 1. The molecule has 0 unspecified atom stereocenters. The third-order valence-electron chi connectivity index (χ3n) is 2.92. The molecule has 90 valence electrons.